The molecule has 3 aromatic rings. The first kappa shape index (κ1) is 15.7. The van der Waals surface area contributed by atoms with Gasteiger partial charge in [0.1, 0.15) is 11.6 Å². The Balaban J connectivity index is 1.60. The van der Waals surface area contributed by atoms with Crippen LogP contribution in [0.15, 0.2) is 59.3 Å². The molecule has 24 heavy (non-hydrogen) atoms. The van der Waals surface area contributed by atoms with Gasteiger partial charge in [-0.05, 0) is 42.5 Å². The van der Waals surface area contributed by atoms with Crippen molar-refractivity contribution in [2.24, 2.45) is 0 Å². The van der Waals surface area contributed by atoms with Gasteiger partial charge >= 0.3 is 0 Å². The summed E-state index contributed by atoms with van der Waals surface area (Å²) in [5.41, 5.74) is 0.460. The summed E-state index contributed by atoms with van der Waals surface area (Å²) in [4.78, 5) is 16.1. The van der Waals surface area contributed by atoms with E-state index in [9.17, 15) is 13.6 Å². The molecule has 2 heterocycles. The number of hydrogen-bond acceptors (Lipinski definition) is 4. The monoisotopic (exact) mass is 329 g/mol. The SMILES string of the molecule is O=C(Nc1ccc(NCc2ccco2)nc1)c1ccc(F)c(F)c1. The molecule has 0 aliphatic carbocycles. The Hall–Kier alpha value is -3.22. The number of rotatable bonds is 5. The topological polar surface area (TPSA) is 67.2 Å². The van der Waals surface area contributed by atoms with E-state index in [-0.39, 0.29) is 5.56 Å². The van der Waals surface area contributed by atoms with Crippen LogP contribution in [0.4, 0.5) is 20.3 Å². The van der Waals surface area contributed by atoms with E-state index in [1.807, 2.05) is 6.07 Å². The summed E-state index contributed by atoms with van der Waals surface area (Å²) in [6.07, 6.45) is 3.05. The summed E-state index contributed by atoms with van der Waals surface area (Å²) in [6.45, 7) is 0.487. The van der Waals surface area contributed by atoms with Crippen molar-refractivity contribution < 1.29 is 18.0 Å². The Kier molecular flexibility index (Phi) is 4.51. The second-order valence-corrected chi connectivity index (χ2v) is 4.95. The van der Waals surface area contributed by atoms with E-state index in [4.69, 9.17) is 4.42 Å². The number of nitrogens with zero attached hydrogens (tertiary/aromatic N) is 1. The maximum absolute atomic E-state index is 13.1. The lowest BCUT2D eigenvalue weighted by molar-refractivity contribution is 0.102. The first-order valence-corrected chi connectivity index (χ1v) is 7.10. The van der Waals surface area contributed by atoms with Gasteiger partial charge in [0.25, 0.3) is 5.91 Å². The lowest BCUT2D eigenvalue weighted by atomic mass is 10.2. The van der Waals surface area contributed by atoms with Gasteiger partial charge in [-0.1, -0.05) is 0 Å². The second kappa shape index (κ2) is 6.91. The van der Waals surface area contributed by atoms with Crippen LogP contribution in [0.25, 0.3) is 0 Å². The number of nitrogens with one attached hydrogen (secondary N) is 2. The van der Waals surface area contributed by atoms with Crippen LogP contribution in [-0.2, 0) is 6.54 Å². The summed E-state index contributed by atoms with van der Waals surface area (Å²) in [6, 6.07) is 9.92. The van der Waals surface area contributed by atoms with Crippen LogP contribution >= 0.6 is 0 Å². The van der Waals surface area contributed by atoms with E-state index in [1.54, 1.807) is 24.5 Å². The van der Waals surface area contributed by atoms with Crippen LogP contribution in [-0.4, -0.2) is 10.9 Å². The van der Waals surface area contributed by atoms with Crippen LogP contribution in [0.2, 0.25) is 0 Å². The number of hydrogen-bond donors (Lipinski definition) is 2. The predicted molar refractivity (Wildman–Crippen MR) is 84.6 cm³/mol. The first-order valence-electron chi connectivity index (χ1n) is 7.10. The molecule has 5 nitrogen and oxygen atoms in total. The van der Waals surface area contributed by atoms with Crippen LogP contribution < -0.4 is 10.6 Å². The molecule has 0 saturated carbocycles. The van der Waals surface area contributed by atoms with Crippen molar-refractivity contribution in [3.63, 3.8) is 0 Å². The van der Waals surface area contributed by atoms with Crippen LogP contribution in [0.5, 0.6) is 0 Å². The Labute approximate surface area is 136 Å². The van der Waals surface area contributed by atoms with Crippen molar-refractivity contribution in [3.8, 4) is 0 Å². The summed E-state index contributed by atoms with van der Waals surface area (Å²) >= 11 is 0. The molecular formula is C17H13F2N3O2. The van der Waals surface area contributed by atoms with Gasteiger partial charge in [-0.2, -0.15) is 0 Å². The molecular weight excluding hydrogens is 316 g/mol. The maximum Gasteiger partial charge on any atom is 0.255 e. The minimum atomic E-state index is -1.07. The molecule has 2 N–H and O–H groups in total. The highest BCUT2D eigenvalue weighted by Gasteiger charge is 2.10. The average Bonchev–Trinajstić information content (AvgIpc) is 3.10. The van der Waals surface area contributed by atoms with E-state index < -0.39 is 17.5 Å². The zero-order valence-corrected chi connectivity index (χ0v) is 12.4. The van der Waals surface area contributed by atoms with Gasteiger partial charge in [0.2, 0.25) is 0 Å². The van der Waals surface area contributed by atoms with Crippen molar-refractivity contribution in [1.29, 1.82) is 0 Å². The van der Waals surface area contributed by atoms with Gasteiger partial charge < -0.3 is 15.1 Å². The number of amides is 1. The van der Waals surface area contributed by atoms with Crippen molar-refractivity contribution in [2.45, 2.75) is 6.54 Å². The lowest BCUT2D eigenvalue weighted by Crippen LogP contribution is -2.12. The molecule has 3 rings (SSSR count). The largest absolute Gasteiger partial charge is 0.467 e. The normalized spacial score (nSPS) is 10.4. The van der Waals surface area contributed by atoms with Crippen LogP contribution in [0, 0.1) is 11.6 Å². The van der Waals surface area contributed by atoms with E-state index in [2.05, 4.69) is 15.6 Å². The minimum Gasteiger partial charge on any atom is -0.467 e. The summed E-state index contributed by atoms with van der Waals surface area (Å²) in [5, 5.41) is 5.63. The highest BCUT2D eigenvalue weighted by atomic mass is 19.2. The molecule has 0 aliphatic rings. The molecule has 0 radical (unpaired) electrons. The molecule has 0 fully saturated rings. The third kappa shape index (κ3) is 3.75. The van der Waals surface area contributed by atoms with Gasteiger partial charge in [-0.15, -0.1) is 0 Å². The third-order valence-corrected chi connectivity index (χ3v) is 3.23. The summed E-state index contributed by atoms with van der Waals surface area (Å²) in [5.74, 6) is -1.24. The number of pyridine rings is 1. The Morgan fingerprint density at radius 1 is 1.12 bits per heavy atom. The summed E-state index contributed by atoms with van der Waals surface area (Å²) < 4.78 is 31.2. The molecule has 0 spiro atoms. The van der Waals surface area contributed by atoms with Gasteiger partial charge in [0.05, 0.1) is 24.7 Å². The van der Waals surface area contributed by atoms with Crippen molar-refractivity contribution >= 4 is 17.4 Å². The van der Waals surface area contributed by atoms with Gasteiger partial charge in [0.15, 0.2) is 11.6 Å². The fourth-order valence-electron chi connectivity index (χ4n) is 2.00. The van der Waals surface area contributed by atoms with Crippen LogP contribution in [0.1, 0.15) is 16.1 Å². The summed E-state index contributed by atoms with van der Waals surface area (Å²) in [7, 11) is 0. The Bertz CT molecular complexity index is 834. The molecule has 122 valence electrons. The average molecular weight is 329 g/mol. The zero-order valence-electron chi connectivity index (χ0n) is 12.4. The molecule has 7 heteroatoms. The molecule has 2 aromatic heterocycles. The quantitative estimate of drug-likeness (QED) is 0.747. The third-order valence-electron chi connectivity index (χ3n) is 3.23. The van der Waals surface area contributed by atoms with Gasteiger partial charge in [-0.3, -0.25) is 4.79 Å². The smallest absolute Gasteiger partial charge is 0.255 e. The molecule has 0 aliphatic heterocycles. The Morgan fingerprint density at radius 2 is 2.00 bits per heavy atom. The van der Waals surface area contributed by atoms with E-state index in [0.29, 0.717) is 18.1 Å². The van der Waals surface area contributed by atoms with Crippen LogP contribution in [0.3, 0.4) is 0 Å². The highest BCUT2D eigenvalue weighted by Crippen LogP contribution is 2.14. The Morgan fingerprint density at radius 3 is 2.67 bits per heavy atom. The minimum absolute atomic E-state index is 0.0221. The highest BCUT2D eigenvalue weighted by molar-refractivity contribution is 6.04. The second-order valence-electron chi connectivity index (χ2n) is 4.95. The molecule has 0 unspecified atom stereocenters. The first-order chi connectivity index (χ1) is 11.6. The lowest BCUT2D eigenvalue weighted by Gasteiger charge is -2.07. The number of anilines is 2. The van der Waals surface area contributed by atoms with Crippen molar-refractivity contribution in [3.05, 3.63) is 77.9 Å². The number of carbonyl (C=O) groups is 1. The van der Waals surface area contributed by atoms with E-state index in [0.717, 1.165) is 17.9 Å². The molecule has 1 amide bonds. The molecule has 1 aromatic carbocycles. The van der Waals surface area contributed by atoms with Gasteiger partial charge in [-0.25, -0.2) is 13.8 Å². The number of halogens is 2. The number of carbonyl (C=O) groups excluding carboxylic acids is 1. The fourth-order valence-corrected chi connectivity index (χ4v) is 2.00. The zero-order chi connectivity index (χ0) is 16.9. The fraction of sp³-hybridized carbons (Fsp3) is 0.0588. The standard InChI is InChI=1S/C17H13F2N3O2/c18-14-5-3-11(8-15(14)19)17(23)22-12-4-6-16(20-9-12)21-10-13-2-1-7-24-13/h1-9H,10H2,(H,20,21)(H,22,23). The number of aromatic nitrogens is 1. The number of furan rings is 1. The van der Waals surface area contributed by atoms with E-state index in [1.165, 1.54) is 12.3 Å². The maximum atomic E-state index is 13.1. The van der Waals surface area contributed by atoms with Crippen molar-refractivity contribution in [1.82, 2.24) is 4.98 Å². The molecule has 0 bridgehead atoms. The van der Waals surface area contributed by atoms with Gasteiger partial charge in [0, 0.05) is 5.56 Å². The van der Waals surface area contributed by atoms with E-state index >= 15 is 0 Å². The molecule has 0 saturated heterocycles. The van der Waals surface area contributed by atoms with Crippen molar-refractivity contribution in [2.75, 3.05) is 10.6 Å². The molecule has 0 atom stereocenters. The number of benzene rings is 1. The predicted octanol–water partition coefficient (Wildman–Crippen LogP) is 3.82.